The van der Waals surface area contributed by atoms with Crippen molar-refractivity contribution in [3.05, 3.63) is 9.98 Å². The van der Waals surface area contributed by atoms with Crippen molar-refractivity contribution in [3.63, 3.8) is 0 Å². The summed E-state index contributed by atoms with van der Waals surface area (Å²) >= 11 is 4.92. The van der Waals surface area contributed by atoms with Crippen LogP contribution in [0.4, 0.5) is 0 Å². The highest BCUT2D eigenvalue weighted by molar-refractivity contribution is 9.11. The smallest absolute Gasteiger partial charge is 0.274 e. The zero-order chi connectivity index (χ0) is 10.0. The largest absolute Gasteiger partial charge is 0.464 e. The van der Waals surface area contributed by atoms with Gasteiger partial charge in [0.15, 0.2) is 0 Å². The van der Waals surface area contributed by atoms with Crippen LogP contribution in [0.3, 0.4) is 0 Å². The molecule has 0 saturated carbocycles. The molecule has 5 heteroatoms. The molecule has 1 N–H and O–H groups in total. The Hall–Kier alpha value is -0.130. The summed E-state index contributed by atoms with van der Waals surface area (Å²) in [7, 11) is 0. The monoisotopic (exact) mass is 276 g/mol. The van der Waals surface area contributed by atoms with Crippen LogP contribution in [0.1, 0.15) is 19.8 Å². The van der Waals surface area contributed by atoms with Crippen LogP contribution in [0.15, 0.2) is 9.98 Å². The summed E-state index contributed by atoms with van der Waals surface area (Å²) in [6.07, 6.45) is 3.87. The average Bonchev–Trinajstić information content (AvgIpc) is 2.51. The number of nitrogens with one attached hydrogen (secondary N) is 1. The van der Waals surface area contributed by atoms with Crippen LogP contribution in [0.25, 0.3) is 0 Å². The van der Waals surface area contributed by atoms with Crippen LogP contribution < -0.4 is 10.1 Å². The third kappa shape index (κ3) is 2.46. The number of piperidine rings is 1. The van der Waals surface area contributed by atoms with Gasteiger partial charge in [0, 0.05) is 0 Å². The van der Waals surface area contributed by atoms with E-state index in [9.17, 15) is 0 Å². The van der Waals surface area contributed by atoms with E-state index < -0.39 is 0 Å². The van der Waals surface area contributed by atoms with Gasteiger partial charge < -0.3 is 10.1 Å². The molecule has 2 rings (SSSR count). The Morgan fingerprint density at radius 1 is 1.57 bits per heavy atom. The highest BCUT2D eigenvalue weighted by Crippen LogP contribution is 2.31. The van der Waals surface area contributed by atoms with Gasteiger partial charge in [-0.15, -0.1) is 0 Å². The number of hydrogen-bond acceptors (Lipinski definition) is 4. The normalized spacial score (nSPS) is 20.7. The van der Waals surface area contributed by atoms with E-state index in [0.717, 1.165) is 34.9 Å². The highest BCUT2D eigenvalue weighted by Gasteiger charge is 2.29. The predicted octanol–water partition coefficient (Wildman–Crippen LogP) is 2.43. The van der Waals surface area contributed by atoms with Crippen LogP contribution in [0.5, 0.6) is 5.19 Å². The van der Waals surface area contributed by atoms with Gasteiger partial charge in [-0.05, 0) is 48.8 Å². The number of thiazole rings is 1. The van der Waals surface area contributed by atoms with Crippen LogP contribution in [0.2, 0.25) is 0 Å². The first kappa shape index (κ1) is 10.4. The van der Waals surface area contributed by atoms with E-state index >= 15 is 0 Å². The van der Waals surface area contributed by atoms with Crippen molar-refractivity contribution in [2.75, 3.05) is 13.1 Å². The van der Waals surface area contributed by atoms with E-state index in [2.05, 4.69) is 33.2 Å². The fraction of sp³-hybridized carbons (Fsp3) is 0.667. The van der Waals surface area contributed by atoms with E-state index in [1.165, 1.54) is 0 Å². The van der Waals surface area contributed by atoms with Gasteiger partial charge in [0.2, 0.25) is 0 Å². The van der Waals surface area contributed by atoms with E-state index in [0.29, 0.717) is 0 Å². The van der Waals surface area contributed by atoms with Crippen molar-refractivity contribution in [2.24, 2.45) is 0 Å². The lowest BCUT2D eigenvalue weighted by Crippen LogP contribution is -2.43. The van der Waals surface area contributed by atoms with E-state index in [1.807, 2.05) is 0 Å². The van der Waals surface area contributed by atoms with Gasteiger partial charge in [-0.25, -0.2) is 4.98 Å². The second-order valence-electron chi connectivity index (χ2n) is 3.73. The molecule has 78 valence electrons. The predicted molar refractivity (Wildman–Crippen MR) is 61.0 cm³/mol. The Bertz CT molecular complexity index is 310. The van der Waals surface area contributed by atoms with Gasteiger partial charge in [0.1, 0.15) is 5.60 Å². The molecule has 0 atom stereocenters. The lowest BCUT2D eigenvalue weighted by Gasteiger charge is -2.33. The Morgan fingerprint density at radius 3 is 2.86 bits per heavy atom. The fourth-order valence-electron chi connectivity index (χ4n) is 1.56. The first-order valence-corrected chi connectivity index (χ1v) is 6.30. The first-order chi connectivity index (χ1) is 6.68. The molecule has 0 amide bonds. The van der Waals surface area contributed by atoms with Gasteiger partial charge in [-0.1, -0.05) is 11.3 Å². The van der Waals surface area contributed by atoms with Crippen molar-refractivity contribution in [2.45, 2.75) is 25.4 Å². The molecule has 3 nitrogen and oxygen atoms in total. The summed E-state index contributed by atoms with van der Waals surface area (Å²) in [4.78, 5) is 4.18. The summed E-state index contributed by atoms with van der Waals surface area (Å²) in [5.41, 5.74) is -0.0391. The van der Waals surface area contributed by atoms with Crippen molar-refractivity contribution >= 4 is 27.3 Å². The summed E-state index contributed by atoms with van der Waals surface area (Å²) < 4.78 is 6.92. The van der Waals surface area contributed by atoms with Crippen molar-refractivity contribution in [1.29, 1.82) is 0 Å². The van der Waals surface area contributed by atoms with Gasteiger partial charge >= 0.3 is 0 Å². The topological polar surface area (TPSA) is 34.1 Å². The first-order valence-electron chi connectivity index (χ1n) is 4.69. The van der Waals surface area contributed by atoms with E-state index in [4.69, 9.17) is 4.74 Å². The fourth-order valence-corrected chi connectivity index (χ4v) is 2.69. The summed E-state index contributed by atoms with van der Waals surface area (Å²) in [5.74, 6) is 0. The average molecular weight is 277 g/mol. The maximum atomic E-state index is 5.90. The number of ether oxygens (including phenoxy) is 1. The van der Waals surface area contributed by atoms with Gasteiger partial charge in [0.05, 0.1) is 9.98 Å². The van der Waals surface area contributed by atoms with E-state index in [1.54, 1.807) is 17.5 Å². The molecule has 0 bridgehead atoms. The molecule has 0 spiro atoms. The number of aromatic nitrogens is 1. The zero-order valence-corrected chi connectivity index (χ0v) is 10.4. The molecule has 0 aromatic carbocycles. The molecule has 1 aliphatic rings. The minimum absolute atomic E-state index is 0.0391. The molecular formula is C9H13BrN2OS. The Morgan fingerprint density at radius 2 is 2.29 bits per heavy atom. The molecule has 2 heterocycles. The number of halogens is 1. The van der Waals surface area contributed by atoms with Crippen LogP contribution in [-0.4, -0.2) is 23.7 Å². The third-order valence-corrected chi connectivity index (χ3v) is 3.81. The Balaban J connectivity index is 2.01. The second-order valence-corrected chi connectivity index (χ2v) is 6.10. The van der Waals surface area contributed by atoms with E-state index in [-0.39, 0.29) is 5.60 Å². The Kier molecular flexibility index (Phi) is 3.09. The minimum Gasteiger partial charge on any atom is -0.464 e. The van der Waals surface area contributed by atoms with Gasteiger partial charge in [-0.2, -0.15) is 0 Å². The second kappa shape index (κ2) is 4.16. The standard InChI is InChI=1S/C9H13BrN2OS/c1-9(2-4-11-5-3-9)13-8-12-6-7(10)14-8/h6,11H,2-5H2,1H3. The third-order valence-electron chi connectivity index (χ3n) is 2.45. The molecule has 0 aliphatic carbocycles. The molecule has 0 unspecified atom stereocenters. The molecule has 1 aromatic rings. The lowest BCUT2D eigenvalue weighted by atomic mass is 9.95. The molecule has 0 radical (unpaired) electrons. The number of nitrogens with zero attached hydrogens (tertiary/aromatic N) is 1. The summed E-state index contributed by atoms with van der Waals surface area (Å²) in [6, 6.07) is 0. The molecule has 1 aromatic heterocycles. The molecule has 1 fully saturated rings. The van der Waals surface area contributed by atoms with Gasteiger partial charge in [-0.3, -0.25) is 0 Å². The maximum absolute atomic E-state index is 5.90. The summed E-state index contributed by atoms with van der Waals surface area (Å²) in [5, 5.41) is 4.09. The van der Waals surface area contributed by atoms with Crippen molar-refractivity contribution in [3.8, 4) is 5.19 Å². The quantitative estimate of drug-likeness (QED) is 0.901. The van der Waals surface area contributed by atoms with Crippen molar-refractivity contribution in [1.82, 2.24) is 10.3 Å². The van der Waals surface area contributed by atoms with Crippen LogP contribution in [-0.2, 0) is 0 Å². The van der Waals surface area contributed by atoms with Gasteiger partial charge in [0.25, 0.3) is 5.19 Å². The molecular weight excluding hydrogens is 264 g/mol. The number of rotatable bonds is 2. The van der Waals surface area contributed by atoms with Crippen LogP contribution >= 0.6 is 27.3 Å². The highest BCUT2D eigenvalue weighted by atomic mass is 79.9. The maximum Gasteiger partial charge on any atom is 0.274 e. The minimum atomic E-state index is -0.0391. The summed E-state index contributed by atoms with van der Waals surface area (Å²) in [6.45, 7) is 4.22. The SMILES string of the molecule is CC1(Oc2ncc(Br)s2)CCNCC1. The number of hydrogen-bond donors (Lipinski definition) is 1. The molecule has 1 aliphatic heterocycles. The van der Waals surface area contributed by atoms with Crippen LogP contribution in [0, 0.1) is 0 Å². The zero-order valence-electron chi connectivity index (χ0n) is 8.05. The lowest BCUT2D eigenvalue weighted by molar-refractivity contribution is 0.0553. The molecule has 14 heavy (non-hydrogen) atoms. The van der Waals surface area contributed by atoms with Crippen molar-refractivity contribution < 1.29 is 4.74 Å². The molecule has 1 saturated heterocycles. The Labute approximate surface area is 96.0 Å².